The molecule has 0 radical (unpaired) electrons. The van der Waals surface area contributed by atoms with Crippen LogP contribution in [0, 0.1) is 0 Å². The molecule has 3 aromatic carbocycles. The number of fused-ring (bicyclic) bond motifs is 1. The number of rotatable bonds is 7. The molecular formula is C31H30Cl2N8O. The number of para-hydroxylation sites is 1. The summed E-state index contributed by atoms with van der Waals surface area (Å²) in [6, 6.07) is 21.2. The standard InChI is InChI=1S/C31H30Cl2N8O/c1-34-18-20-5-3-6-21(17-20)27-28-24(30(42)41(38-27)29-25(32)7-4-8-26(29)33)19-35-31(37-28)36-22-9-11-23(12-10-22)40-15-13-39(2)14-16-40/h3-12,17,19,34H,13-16,18H2,1-2H3,(H,35,36,37). The smallest absolute Gasteiger partial charge is 0.282 e. The van der Waals surface area contributed by atoms with Gasteiger partial charge in [0.25, 0.3) is 5.56 Å². The van der Waals surface area contributed by atoms with Gasteiger partial charge in [-0.1, -0.05) is 47.5 Å². The van der Waals surface area contributed by atoms with Crippen LogP contribution in [0.1, 0.15) is 5.56 Å². The topological polar surface area (TPSA) is 91.2 Å². The lowest BCUT2D eigenvalue weighted by Crippen LogP contribution is -2.44. The lowest BCUT2D eigenvalue weighted by Gasteiger charge is -2.34. The van der Waals surface area contributed by atoms with Crippen molar-refractivity contribution in [1.82, 2.24) is 30.0 Å². The third kappa shape index (κ3) is 5.69. The van der Waals surface area contributed by atoms with E-state index in [0.717, 1.165) is 43.0 Å². The third-order valence-electron chi connectivity index (χ3n) is 7.36. The molecule has 2 N–H and O–H groups in total. The third-order valence-corrected chi connectivity index (χ3v) is 7.97. The Balaban J connectivity index is 1.42. The van der Waals surface area contributed by atoms with Crippen LogP contribution in [0.15, 0.2) is 77.7 Å². The molecule has 2 aromatic heterocycles. The van der Waals surface area contributed by atoms with Crippen molar-refractivity contribution in [3.63, 3.8) is 0 Å². The van der Waals surface area contributed by atoms with Crippen molar-refractivity contribution in [2.45, 2.75) is 6.54 Å². The van der Waals surface area contributed by atoms with Crippen LogP contribution >= 0.6 is 23.2 Å². The van der Waals surface area contributed by atoms with Crippen molar-refractivity contribution in [1.29, 1.82) is 0 Å². The number of nitrogens with zero attached hydrogens (tertiary/aromatic N) is 6. The first-order valence-electron chi connectivity index (χ1n) is 13.7. The van der Waals surface area contributed by atoms with Crippen LogP contribution in [0.2, 0.25) is 10.0 Å². The molecular weight excluding hydrogens is 571 g/mol. The van der Waals surface area contributed by atoms with Gasteiger partial charge in [0.1, 0.15) is 16.9 Å². The van der Waals surface area contributed by atoms with Gasteiger partial charge in [-0.2, -0.15) is 9.78 Å². The summed E-state index contributed by atoms with van der Waals surface area (Å²) < 4.78 is 1.24. The minimum atomic E-state index is -0.418. The molecule has 6 rings (SSSR count). The molecule has 0 unspecified atom stereocenters. The van der Waals surface area contributed by atoms with E-state index in [-0.39, 0.29) is 0 Å². The van der Waals surface area contributed by atoms with Crippen LogP contribution in [0.4, 0.5) is 17.3 Å². The van der Waals surface area contributed by atoms with Crippen molar-refractivity contribution < 1.29 is 0 Å². The van der Waals surface area contributed by atoms with Crippen molar-refractivity contribution in [2.24, 2.45) is 0 Å². The summed E-state index contributed by atoms with van der Waals surface area (Å²) in [6.45, 7) is 4.76. The van der Waals surface area contributed by atoms with Gasteiger partial charge in [0, 0.05) is 55.9 Å². The van der Waals surface area contributed by atoms with Crippen LogP contribution in [0.25, 0.3) is 27.8 Å². The summed E-state index contributed by atoms with van der Waals surface area (Å²) in [5, 5.41) is 12.1. The zero-order chi connectivity index (χ0) is 29.2. The van der Waals surface area contributed by atoms with E-state index in [1.165, 1.54) is 16.6 Å². The van der Waals surface area contributed by atoms with E-state index in [1.807, 2.05) is 43.4 Å². The molecule has 0 spiro atoms. The molecule has 0 atom stereocenters. The highest BCUT2D eigenvalue weighted by molar-refractivity contribution is 6.37. The Morgan fingerprint density at radius 1 is 0.929 bits per heavy atom. The maximum atomic E-state index is 13.7. The van der Waals surface area contributed by atoms with Crippen molar-refractivity contribution in [2.75, 3.05) is 50.5 Å². The van der Waals surface area contributed by atoms with Gasteiger partial charge < -0.3 is 20.4 Å². The highest BCUT2D eigenvalue weighted by Crippen LogP contribution is 2.31. The van der Waals surface area contributed by atoms with Crippen LogP contribution < -0.4 is 21.1 Å². The van der Waals surface area contributed by atoms with Crippen LogP contribution in [0.3, 0.4) is 0 Å². The zero-order valence-electron chi connectivity index (χ0n) is 23.3. The van der Waals surface area contributed by atoms with Gasteiger partial charge in [-0.3, -0.25) is 4.79 Å². The highest BCUT2D eigenvalue weighted by atomic mass is 35.5. The summed E-state index contributed by atoms with van der Waals surface area (Å²) in [6.07, 6.45) is 1.52. The van der Waals surface area contributed by atoms with Crippen molar-refractivity contribution in [3.8, 4) is 16.9 Å². The number of halogens is 2. The molecule has 3 heterocycles. The fraction of sp³-hybridized carbons (Fsp3) is 0.226. The first kappa shape index (κ1) is 28.1. The summed E-state index contributed by atoms with van der Waals surface area (Å²) in [4.78, 5) is 27.7. The Bertz CT molecular complexity index is 1780. The maximum absolute atomic E-state index is 13.7. The first-order chi connectivity index (χ1) is 20.4. The molecule has 42 heavy (non-hydrogen) atoms. The Hall–Kier alpha value is -4.02. The van der Waals surface area contributed by atoms with Gasteiger partial charge in [0.2, 0.25) is 5.95 Å². The summed E-state index contributed by atoms with van der Waals surface area (Å²) >= 11 is 13.0. The molecule has 1 aliphatic heterocycles. The second-order valence-corrected chi connectivity index (χ2v) is 11.1. The molecule has 11 heteroatoms. The van der Waals surface area contributed by atoms with Crippen LogP contribution in [-0.4, -0.2) is 64.9 Å². The minimum absolute atomic E-state index is 0.297. The number of aromatic nitrogens is 4. The largest absolute Gasteiger partial charge is 0.369 e. The first-order valence-corrected chi connectivity index (χ1v) is 14.5. The number of nitrogens with one attached hydrogen (secondary N) is 2. The lowest BCUT2D eigenvalue weighted by atomic mass is 10.1. The monoisotopic (exact) mass is 600 g/mol. The Labute approximate surface area is 253 Å². The second kappa shape index (κ2) is 12.1. The van der Waals surface area contributed by atoms with Gasteiger partial charge in [-0.05, 0) is 62.1 Å². The van der Waals surface area contributed by atoms with Crippen LogP contribution in [-0.2, 0) is 6.54 Å². The van der Waals surface area contributed by atoms with Gasteiger partial charge in [0.15, 0.2) is 0 Å². The fourth-order valence-electron chi connectivity index (χ4n) is 5.11. The van der Waals surface area contributed by atoms with Gasteiger partial charge in [0.05, 0.1) is 15.4 Å². The average molecular weight is 602 g/mol. The number of hydrogen-bond donors (Lipinski definition) is 2. The minimum Gasteiger partial charge on any atom is -0.369 e. The zero-order valence-corrected chi connectivity index (χ0v) is 24.8. The quantitative estimate of drug-likeness (QED) is 0.258. The average Bonchev–Trinajstić information content (AvgIpc) is 2.99. The molecule has 0 saturated carbocycles. The molecule has 1 aliphatic rings. The Morgan fingerprint density at radius 3 is 2.36 bits per heavy atom. The van der Waals surface area contributed by atoms with E-state index < -0.39 is 5.56 Å². The normalized spacial score (nSPS) is 14.0. The maximum Gasteiger partial charge on any atom is 0.282 e. The summed E-state index contributed by atoms with van der Waals surface area (Å²) in [5.74, 6) is 0.359. The fourth-order valence-corrected chi connectivity index (χ4v) is 5.66. The molecule has 0 amide bonds. The van der Waals surface area contributed by atoms with E-state index in [4.69, 9.17) is 33.3 Å². The molecule has 1 fully saturated rings. The number of hydrogen-bond acceptors (Lipinski definition) is 8. The summed E-state index contributed by atoms with van der Waals surface area (Å²) in [7, 11) is 4.04. The van der Waals surface area contributed by atoms with Gasteiger partial charge in [-0.25, -0.2) is 9.97 Å². The SMILES string of the molecule is CNCc1cccc(-c2nn(-c3c(Cl)cccc3Cl)c(=O)c3cnc(Nc4ccc(N5CCN(C)CC5)cc4)nc23)c1. The number of anilines is 3. The van der Waals surface area contributed by atoms with Crippen LogP contribution in [0.5, 0.6) is 0 Å². The predicted octanol–water partition coefficient (Wildman–Crippen LogP) is 5.36. The van der Waals surface area contributed by atoms with E-state index in [9.17, 15) is 4.79 Å². The number of benzene rings is 3. The van der Waals surface area contributed by atoms with Gasteiger partial charge in [-0.15, -0.1) is 0 Å². The number of likely N-dealkylation sites (N-methyl/N-ethyl adjacent to an activating group) is 1. The van der Waals surface area contributed by atoms with E-state index >= 15 is 0 Å². The summed E-state index contributed by atoms with van der Waals surface area (Å²) in [5.41, 5.74) is 4.70. The molecule has 0 bridgehead atoms. The van der Waals surface area contributed by atoms with E-state index in [1.54, 1.807) is 18.2 Å². The van der Waals surface area contributed by atoms with E-state index in [0.29, 0.717) is 44.8 Å². The molecule has 1 saturated heterocycles. The Kier molecular flexibility index (Phi) is 8.08. The predicted molar refractivity (Wildman–Crippen MR) is 171 cm³/mol. The Morgan fingerprint density at radius 2 is 1.64 bits per heavy atom. The van der Waals surface area contributed by atoms with Crippen molar-refractivity contribution >= 4 is 51.4 Å². The molecule has 0 aliphatic carbocycles. The molecule has 214 valence electrons. The molecule has 5 aromatic rings. The lowest BCUT2D eigenvalue weighted by molar-refractivity contribution is 0.313. The second-order valence-electron chi connectivity index (χ2n) is 10.3. The highest BCUT2D eigenvalue weighted by Gasteiger charge is 2.20. The van der Waals surface area contributed by atoms with Crippen molar-refractivity contribution in [3.05, 3.63) is 98.9 Å². The number of piperazine rings is 1. The van der Waals surface area contributed by atoms with E-state index in [2.05, 4.69) is 44.6 Å². The van der Waals surface area contributed by atoms with Gasteiger partial charge >= 0.3 is 0 Å². The molecule has 9 nitrogen and oxygen atoms in total.